The Labute approximate surface area is 131 Å². The fourth-order valence-corrected chi connectivity index (χ4v) is 2.65. The van der Waals surface area contributed by atoms with Crippen LogP contribution in [0, 0.1) is 0 Å². The fraction of sp³-hybridized carbons (Fsp3) is 0.733. The molecule has 2 atom stereocenters. The molecule has 1 N–H and O–H groups in total. The Kier molecular flexibility index (Phi) is 6.35. The van der Waals surface area contributed by atoms with E-state index in [4.69, 9.17) is 4.74 Å². The van der Waals surface area contributed by atoms with Crippen LogP contribution in [0.5, 0.6) is 0 Å². The average molecular weight is 310 g/mol. The Balaban J connectivity index is 1.76. The molecule has 1 amide bonds. The zero-order valence-corrected chi connectivity index (χ0v) is 13.4. The number of aromatic nitrogens is 2. The Morgan fingerprint density at radius 1 is 1.36 bits per heavy atom. The third-order valence-electron chi connectivity index (χ3n) is 4.00. The second-order valence-electron chi connectivity index (χ2n) is 5.63. The number of carbonyl (C=O) groups excluding carboxylic acids is 1. The fourth-order valence-electron chi connectivity index (χ4n) is 2.65. The number of carbonyl (C=O) groups is 1. The maximum Gasteiger partial charge on any atom is 0.245 e. The van der Waals surface area contributed by atoms with Crippen molar-refractivity contribution in [3.8, 4) is 0 Å². The predicted molar refractivity (Wildman–Crippen MR) is 82.5 cm³/mol. The molecule has 0 radical (unpaired) electrons. The van der Waals surface area contributed by atoms with Crippen LogP contribution in [0.3, 0.4) is 0 Å². The van der Waals surface area contributed by atoms with Crippen molar-refractivity contribution >= 4 is 5.91 Å². The molecule has 7 heteroatoms. The number of piperazine rings is 1. The predicted octanol–water partition coefficient (Wildman–Crippen LogP) is -0.0143. The molecule has 0 unspecified atom stereocenters. The van der Waals surface area contributed by atoms with Crippen LogP contribution in [0.4, 0.5) is 0 Å². The smallest absolute Gasteiger partial charge is 0.245 e. The van der Waals surface area contributed by atoms with E-state index in [0.29, 0.717) is 32.8 Å². The van der Waals surface area contributed by atoms with Gasteiger partial charge in [0, 0.05) is 51.7 Å². The van der Waals surface area contributed by atoms with Crippen LogP contribution in [0.25, 0.3) is 0 Å². The first-order chi connectivity index (χ1) is 10.6. The van der Waals surface area contributed by atoms with Crippen LogP contribution in [0.1, 0.15) is 19.9 Å². The lowest BCUT2D eigenvalue weighted by Gasteiger charge is -2.36. The first-order valence-electron chi connectivity index (χ1n) is 7.86. The molecule has 1 aromatic heterocycles. The van der Waals surface area contributed by atoms with E-state index >= 15 is 0 Å². The summed E-state index contributed by atoms with van der Waals surface area (Å²) in [6.07, 6.45) is 4.69. The van der Waals surface area contributed by atoms with Crippen LogP contribution >= 0.6 is 0 Å². The van der Waals surface area contributed by atoms with Gasteiger partial charge in [-0.2, -0.15) is 0 Å². The number of aliphatic hydroxyl groups excluding tert-OH is 1. The lowest BCUT2D eigenvalue weighted by Crippen LogP contribution is -2.52. The normalized spacial score (nSPS) is 19.1. The second-order valence-corrected chi connectivity index (χ2v) is 5.63. The molecule has 2 rings (SSSR count). The van der Waals surface area contributed by atoms with Crippen LogP contribution in [-0.4, -0.2) is 82.4 Å². The van der Waals surface area contributed by atoms with Gasteiger partial charge < -0.3 is 19.3 Å². The van der Waals surface area contributed by atoms with E-state index in [1.165, 1.54) is 0 Å². The zero-order chi connectivity index (χ0) is 15.9. The summed E-state index contributed by atoms with van der Waals surface area (Å²) >= 11 is 0. The molecule has 0 spiro atoms. The molecule has 1 aliphatic heterocycles. The van der Waals surface area contributed by atoms with Crippen LogP contribution in [0.15, 0.2) is 18.7 Å². The summed E-state index contributed by atoms with van der Waals surface area (Å²) in [4.78, 5) is 20.5. The van der Waals surface area contributed by atoms with Gasteiger partial charge in [0.05, 0.1) is 19.0 Å². The second kappa shape index (κ2) is 8.26. The summed E-state index contributed by atoms with van der Waals surface area (Å²) in [5.41, 5.74) is 0. The van der Waals surface area contributed by atoms with Gasteiger partial charge in [-0.1, -0.05) is 0 Å². The zero-order valence-electron chi connectivity index (χ0n) is 13.4. The Morgan fingerprint density at radius 3 is 2.68 bits per heavy atom. The Bertz CT molecular complexity index is 444. The lowest BCUT2D eigenvalue weighted by molar-refractivity contribution is -0.136. The van der Waals surface area contributed by atoms with Gasteiger partial charge >= 0.3 is 0 Å². The van der Waals surface area contributed by atoms with Crippen molar-refractivity contribution in [1.29, 1.82) is 0 Å². The molecule has 0 aliphatic carbocycles. The van der Waals surface area contributed by atoms with E-state index in [0.717, 1.165) is 13.1 Å². The summed E-state index contributed by atoms with van der Waals surface area (Å²) in [5, 5.41) is 9.86. The van der Waals surface area contributed by atoms with E-state index < -0.39 is 6.10 Å². The number of β-amino-alcohol motifs (C(OH)–C–C–N with tert-alkyl or cyclic N) is 1. The number of rotatable bonds is 7. The van der Waals surface area contributed by atoms with E-state index in [1.54, 1.807) is 12.5 Å². The SMILES string of the molecule is CCOC[C@H](O)CN1CCN(C(=O)[C@@H](C)n2ccnc2)CC1. The minimum Gasteiger partial charge on any atom is -0.389 e. The van der Waals surface area contributed by atoms with Crippen LogP contribution < -0.4 is 0 Å². The Hall–Kier alpha value is -1.44. The van der Waals surface area contributed by atoms with Gasteiger partial charge in [-0.05, 0) is 13.8 Å². The van der Waals surface area contributed by atoms with Crippen molar-refractivity contribution in [2.45, 2.75) is 26.0 Å². The number of hydrogen-bond donors (Lipinski definition) is 1. The maximum atomic E-state index is 12.5. The molecule has 124 valence electrons. The molecule has 0 aromatic carbocycles. The van der Waals surface area contributed by atoms with Gasteiger partial charge in [0.1, 0.15) is 6.04 Å². The monoisotopic (exact) mass is 310 g/mol. The van der Waals surface area contributed by atoms with Gasteiger partial charge in [0.15, 0.2) is 0 Å². The highest BCUT2D eigenvalue weighted by molar-refractivity contribution is 5.80. The largest absolute Gasteiger partial charge is 0.389 e. The molecule has 22 heavy (non-hydrogen) atoms. The van der Waals surface area contributed by atoms with E-state index in [-0.39, 0.29) is 11.9 Å². The number of amides is 1. The summed E-state index contributed by atoms with van der Waals surface area (Å²) in [6.45, 7) is 8.34. The molecule has 1 saturated heterocycles. The first-order valence-corrected chi connectivity index (χ1v) is 7.86. The van der Waals surface area contributed by atoms with Crippen LogP contribution in [0.2, 0.25) is 0 Å². The number of nitrogens with zero attached hydrogens (tertiary/aromatic N) is 4. The highest BCUT2D eigenvalue weighted by atomic mass is 16.5. The number of ether oxygens (including phenoxy) is 1. The van der Waals surface area contributed by atoms with Gasteiger partial charge in [-0.25, -0.2) is 4.98 Å². The molecule has 7 nitrogen and oxygen atoms in total. The minimum atomic E-state index is -0.466. The quantitative estimate of drug-likeness (QED) is 0.767. The molecule has 1 fully saturated rings. The first kappa shape index (κ1) is 16.9. The van der Waals surface area contributed by atoms with Crippen molar-refractivity contribution in [2.24, 2.45) is 0 Å². The third-order valence-corrected chi connectivity index (χ3v) is 4.00. The van der Waals surface area contributed by atoms with Crippen molar-refractivity contribution in [3.63, 3.8) is 0 Å². The van der Waals surface area contributed by atoms with Gasteiger partial charge in [0.25, 0.3) is 0 Å². The maximum absolute atomic E-state index is 12.5. The van der Waals surface area contributed by atoms with Crippen molar-refractivity contribution in [1.82, 2.24) is 19.4 Å². The third kappa shape index (κ3) is 4.53. The molecular weight excluding hydrogens is 284 g/mol. The number of hydrogen-bond acceptors (Lipinski definition) is 5. The standard InChI is InChI=1S/C15H26N4O3/c1-3-22-11-14(20)10-17-6-8-18(9-7-17)15(21)13(2)19-5-4-16-12-19/h4-5,12-14,20H,3,6-11H2,1-2H3/t13-,14-/m1/s1. The highest BCUT2D eigenvalue weighted by Crippen LogP contribution is 2.12. The van der Waals surface area contributed by atoms with E-state index in [1.807, 2.05) is 29.5 Å². The lowest BCUT2D eigenvalue weighted by atomic mass is 10.2. The van der Waals surface area contributed by atoms with Crippen molar-refractivity contribution in [2.75, 3.05) is 45.9 Å². The van der Waals surface area contributed by atoms with E-state index in [9.17, 15) is 9.90 Å². The molecule has 2 heterocycles. The summed E-state index contributed by atoms with van der Waals surface area (Å²) in [7, 11) is 0. The topological polar surface area (TPSA) is 70.8 Å². The number of aliphatic hydroxyl groups is 1. The Morgan fingerprint density at radius 2 is 2.09 bits per heavy atom. The molecular formula is C15H26N4O3. The summed E-state index contributed by atoms with van der Waals surface area (Å²) < 4.78 is 7.04. The van der Waals surface area contributed by atoms with Gasteiger partial charge in [-0.15, -0.1) is 0 Å². The molecule has 1 aliphatic rings. The number of imidazole rings is 1. The summed E-state index contributed by atoms with van der Waals surface area (Å²) in [5.74, 6) is 0.118. The van der Waals surface area contributed by atoms with E-state index in [2.05, 4.69) is 9.88 Å². The van der Waals surface area contributed by atoms with Crippen molar-refractivity contribution in [3.05, 3.63) is 18.7 Å². The highest BCUT2D eigenvalue weighted by Gasteiger charge is 2.26. The van der Waals surface area contributed by atoms with Gasteiger partial charge in [0.2, 0.25) is 5.91 Å². The average Bonchev–Trinajstić information content (AvgIpc) is 3.06. The van der Waals surface area contributed by atoms with Gasteiger partial charge in [-0.3, -0.25) is 9.69 Å². The van der Waals surface area contributed by atoms with Crippen LogP contribution in [-0.2, 0) is 9.53 Å². The molecule has 1 aromatic rings. The van der Waals surface area contributed by atoms with Crippen molar-refractivity contribution < 1.29 is 14.6 Å². The molecule has 0 saturated carbocycles. The summed E-state index contributed by atoms with van der Waals surface area (Å²) in [6, 6.07) is -0.224. The minimum absolute atomic E-state index is 0.118. The molecule has 0 bridgehead atoms.